The number of amides is 2. The summed E-state index contributed by atoms with van der Waals surface area (Å²) in [6.07, 6.45) is -0.329. The van der Waals surface area contributed by atoms with Gasteiger partial charge >= 0.3 is 11.8 Å². The average molecular weight is 432 g/mol. The molecule has 1 fully saturated rings. The highest BCUT2D eigenvalue weighted by Crippen LogP contribution is 2.21. The van der Waals surface area contributed by atoms with E-state index in [1.807, 2.05) is 31.2 Å². The Hall–Kier alpha value is -2.75. The van der Waals surface area contributed by atoms with Crippen LogP contribution in [-0.4, -0.2) is 50.5 Å². The van der Waals surface area contributed by atoms with Gasteiger partial charge in [-0.15, -0.1) is 0 Å². The fourth-order valence-corrected chi connectivity index (χ4v) is 4.74. The first-order valence-corrected chi connectivity index (χ1v) is 11.1. The van der Waals surface area contributed by atoms with Crippen molar-refractivity contribution in [2.45, 2.75) is 31.0 Å². The zero-order valence-corrected chi connectivity index (χ0v) is 17.5. The first kappa shape index (κ1) is 21.9. The molecule has 0 aliphatic carbocycles. The van der Waals surface area contributed by atoms with Crippen molar-refractivity contribution in [3.05, 3.63) is 65.7 Å². The van der Waals surface area contributed by atoms with Crippen molar-refractivity contribution in [3.8, 4) is 0 Å². The van der Waals surface area contributed by atoms with E-state index in [1.165, 1.54) is 16.4 Å². The summed E-state index contributed by atoms with van der Waals surface area (Å²) in [5.74, 6) is -1.62. The van der Waals surface area contributed by atoms with Crippen molar-refractivity contribution in [2.24, 2.45) is 0 Å². The lowest BCUT2D eigenvalue weighted by Crippen LogP contribution is -2.53. The Kier molecular flexibility index (Phi) is 7.20. The van der Waals surface area contributed by atoms with E-state index in [1.54, 1.807) is 18.2 Å². The quantitative estimate of drug-likeness (QED) is 0.668. The van der Waals surface area contributed by atoms with Crippen LogP contribution in [0.2, 0.25) is 0 Å². The van der Waals surface area contributed by atoms with Crippen LogP contribution in [-0.2, 0) is 30.9 Å². The highest BCUT2D eigenvalue weighted by Gasteiger charge is 2.34. The molecule has 1 heterocycles. The van der Waals surface area contributed by atoms with Gasteiger partial charge in [0, 0.05) is 13.1 Å². The molecule has 1 unspecified atom stereocenters. The monoisotopic (exact) mass is 431 g/mol. The van der Waals surface area contributed by atoms with Gasteiger partial charge in [-0.3, -0.25) is 9.59 Å². The van der Waals surface area contributed by atoms with Crippen LogP contribution in [0.5, 0.6) is 0 Å². The molecular formula is C21H25N3O5S. The fraction of sp³-hybridized carbons (Fsp3) is 0.333. The second-order valence-corrected chi connectivity index (χ2v) is 8.82. The van der Waals surface area contributed by atoms with E-state index in [9.17, 15) is 18.0 Å². The third-order valence-corrected chi connectivity index (χ3v) is 6.75. The summed E-state index contributed by atoms with van der Waals surface area (Å²) in [5.41, 5.74) is 1.92. The Morgan fingerprint density at radius 1 is 1.03 bits per heavy atom. The van der Waals surface area contributed by atoms with Gasteiger partial charge in [-0.25, -0.2) is 8.42 Å². The van der Waals surface area contributed by atoms with Crippen LogP contribution in [0.3, 0.4) is 0 Å². The van der Waals surface area contributed by atoms with E-state index < -0.39 is 28.1 Å². The number of sulfonamides is 1. The molecule has 2 N–H and O–H groups in total. The maximum Gasteiger partial charge on any atom is 0.309 e. The van der Waals surface area contributed by atoms with Crippen LogP contribution in [0, 0.1) is 6.92 Å². The second kappa shape index (κ2) is 9.84. The van der Waals surface area contributed by atoms with E-state index in [0.717, 1.165) is 11.1 Å². The van der Waals surface area contributed by atoms with Crippen LogP contribution in [0.4, 0.5) is 0 Å². The molecule has 1 aliphatic rings. The molecule has 160 valence electrons. The molecule has 1 aliphatic heterocycles. The summed E-state index contributed by atoms with van der Waals surface area (Å²) in [6, 6.07) is 15.6. The number of hydrogen-bond donors (Lipinski definition) is 2. The lowest BCUT2D eigenvalue weighted by Gasteiger charge is -2.34. The first-order chi connectivity index (χ1) is 14.4. The third-order valence-electron chi connectivity index (χ3n) is 4.85. The standard InChI is InChI=1S/C21H25N3O5S/c1-16-8-5-6-9-17(16)14-22-20(25)21(26)23-15-19-24(12-7-13-29-19)30(27,28)18-10-3-2-4-11-18/h2-6,8-11,19H,7,12-15H2,1H3,(H,22,25)(H,23,26). The zero-order valence-electron chi connectivity index (χ0n) is 16.7. The highest BCUT2D eigenvalue weighted by atomic mass is 32.2. The molecule has 0 radical (unpaired) electrons. The van der Waals surface area contributed by atoms with Crippen LogP contribution >= 0.6 is 0 Å². The van der Waals surface area contributed by atoms with Gasteiger partial charge in [-0.2, -0.15) is 4.31 Å². The number of carbonyl (C=O) groups excluding carboxylic acids is 2. The molecule has 0 spiro atoms. The number of aryl methyl sites for hydroxylation is 1. The predicted molar refractivity (Wildman–Crippen MR) is 111 cm³/mol. The number of nitrogens with one attached hydrogen (secondary N) is 2. The number of nitrogens with zero attached hydrogens (tertiary/aromatic N) is 1. The third kappa shape index (κ3) is 5.24. The fourth-order valence-electron chi connectivity index (χ4n) is 3.15. The van der Waals surface area contributed by atoms with Gasteiger partial charge in [0.05, 0.1) is 18.0 Å². The smallest absolute Gasteiger partial charge is 0.309 e. The summed E-state index contributed by atoms with van der Waals surface area (Å²) < 4.78 is 32.6. The van der Waals surface area contributed by atoms with E-state index in [4.69, 9.17) is 4.74 Å². The van der Waals surface area contributed by atoms with Gasteiger partial charge in [-0.05, 0) is 36.6 Å². The summed E-state index contributed by atoms with van der Waals surface area (Å²) in [4.78, 5) is 24.4. The van der Waals surface area contributed by atoms with Gasteiger partial charge in [0.1, 0.15) is 6.23 Å². The Morgan fingerprint density at radius 2 is 1.70 bits per heavy atom. The Labute approximate surface area is 176 Å². The summed E-state index contributed by atoms with van der Waals surface area (Å²) >= 11 is 0. The first-order valence-electron chi connectivity index (χ1n) is 9.68. The van der Waals surface area contributed by atoms with Gasteiger partial charge in [0.15, 0.2) is 0 Å². The molecule has 9 heteroatoms. The van der Waals surface area contributed by atoms with Crippen LogP contribution in [0.25, 0.3) is 0 Å². The van der Waals surface area contributed by atoms with E-state index in [2.05, 4.69) is 10.6 Å². The summed E-state index contributed by atoms with van der Waals surface area (Å²) in [6.45, 7) is 2.68. The van der Waals surface area contributed by atoms with E-state index in [0.29, 0.717) is 13.0 Å². The van der Waals surface area contributed by atoms with E-state index in [-0.39, 0.29) is 24.5 Å². The maximum atomic E-state index is 12.9. The van der Waals surface area contributed by atoms with Crippen LogP contribution < -0.4 is 10.6 Å². The summed E-state index contributed by atoms with van der Waals surface area (Å²) in [5, 5.41) is 5.05. The molecule has 0 saturated carbocycles. The molecule has 0 bridgehead atoms. The number of rotatable bonds is 6. The second-order valence-electron chi connectivity index (χ2n) is 6.93. The molecule has 1 atom stereocenters. The van der Waals surface area contributed by atoms with E-state index >= 15 is 0 Å². The molecule has 8 nitrogen and oxygen atoms in total. The maximum absolute atomic E-state index is 12.9. The van der Waals surface area contributed by atoms with Gasteiger partial charge in [0.2, 0.25) is 10.0 Å². The highest BCUT2D eigenvalue weighted by molar-refractivity contribution is 7.89. The molecule has 1 saturated heterocycles. The van der Waals surface area contributed by atoms with Gasteiger partial charge in [-0.1, -0.05) is 42.5 Å². The molecule has 2 amide bonds. The Morgan fingerprint density at radius 3 is 2.43 bits per heavy atom. The van der Waals surface area contributed by atoms with Crippen molar-refractivity contribution in [1.82, 2.24) is 14.9 Å². The molecule has 0 aromatic heterocycles. The molecular weight excluding hydrogens is 406 g/mol. The minimum absolute atomic E-state index is 0.122. The SMILES string of the molecule is Cc1ccccc1CNC(=O)C(=O)NCC1OCCCN1S(=O)(=O)c1ccccc1. The Balaban J connectivity index is 1.58. The van der Waals surface area contributed by atoms with Crippen molar-refractivity contribution in [2.75, 3.05) is 19.7 Å². The van der Waals surface area contributed by atoms with Gasteiger partial charge in [0.25, 0.3) is 0 Å². The minimum Gasteiger partial charge on any atom is -0.360 e. The zero-order chi connectivity index (χ0) is 21.6. The number of hydrogen-bond acceptors (Lipinski definition) is 5. The topological polar surface area (TPSA) is 105 Å². The summed E-state index contributed by atoms with van der Waals surface area (Å²) in [7, 11) is -3.77. The van der Waals surface area contributed by atoms with Crippen LogP contribution in [0.1, 0.15) is 17.5 Å². The molecule has 2 aromatic carbocycles. The van der Waals surface area contributed by atoms with Crippen molar-refractivity contribution >= 4 is 21.8 Å². The van der Waals surface area contributed by atoms with Crippen LogP contribution in [0.15, 0.2) is 59.5 Å². The molecule has 30 heavy (non-hydrogen) atoms. The molecule has 3 rings (SSSR count). The predicted octanol–water partition coefficient (Wildman–Crippen LogP) is 1.16. The lowest BCUT2D eigenvalue weighted by molar-refractivity contribution is -0.140. The number of benzene rings is 2. The average Bonchev–Trinajstić information content (AvgIpc) is 2.77. The largest absolute Gasteiger partial charge is 0.360 e. The lowest BCUT2D eigenvalue weighted by atomic mass is 10.1. The number of carbonyl (C=O) groups is 2. The number of ether oxygens (including phenoxy) is 1. The Bertz CT molecular complexity index is 995. The minimum atomic E-state index is -3.77. The molecule has 2 aromatic rings. The van der Waals surface area contributed by atoms with Crippen molar-refractivity contribution < 1.29 is 22.7 Å². The van der Waals surface area contributed by atoms with Gasteiger partial charge < -0.3 is 15.4 Å². The van der Waals surface area contributed by atoms with Crippen molar-refractivity contribution in [3.63, 3.8) is 0 Å². The normalized spacial score (nSPS) is 17.3. The van der Waals surface area contributed by atoms with Crippen molar-refractivity contribution in [1.29, 1.82) is 0 Å².